The molecule has 1 N–H and O–H groups in total. The molecule has 1 aliphatic rings. The zero-order valence-electron chi connectivity index (χ0n) is 11.5. The van der Waals surface area contributed by atoms with Gasteiger partial charge in [-0.3, -0.25) is 0 Å². The molecule has 0 radical (unpaired) electrons. The van der Waals surface area contributed by atoms with Crippen LogP contribution in [0.4, 0.5) is 10.1 Å². The predicted octanol–water partition coefficient (Wildman–Crippen LogP) is 3.10. The lowest BCUT2D eigenvalue weighted by atomic mass is 10.0. The third-order valence-electron chi connectivity index (χ3n) is 3.94. The zero-order valence-corrected chi connectivity index (χ0v) is 11.5. The molecule has 0 aromatic heterocycles. The van der Waals surface area contributed by atoms with E-state index in [1.807, 2.05) is 19.1 Å². The van der Waals surface area contributed by atoms with Crippen LogP contribution in [-0.4, -0.2) is 25.2 Å². The van der Waals surface area contributed by atoms with Crippen molar-refractivity contribution >= 4 is 5.69 Å². The molecule has 0 bridgehead atoms. The smallest absolute Gasteiger partial charge is 0.126 e. The van der Waals surface area contributed by atoms with Gasteiger partial charge < -0.3 is 10.2 Å². The minimum absolute atomic E-state index is 0.117. The molecule has 2 rings (SSSR count). The summed E-state index contributed by atoms with van der Waals surface area (Å²) in [6.45, 7) is 8.28. The second-order valence-electron chi connectivity index (χ2n) is 5.16. The number of piperazine rings is 1. The summed E-state index contributed by atoms with van der Waals surface area (Å²) < 4.78 is 13.4. The number of nitrogens with one attached hydrogen (secondary N) is 1. The van der Waals surface area contributed by atoms with E-state index in [4.69, 9.17) is 0 Å². The molecule has 18 heavy (non-hydrogen) atoms. The molecule has 100 valence electrons. The van der Waals surface area contributed by atoms with Gasteiger partial charge >= 0.3 is 0 Å². The van der Waals surface area contributed by atoms with Crippen molar-refractivity contribution in [1.29, 1.82) is 0 Å². The Labute approximate surface area is 109 Å². The van der Waals surface area contributed by atoms with Gasteiger partial charge in [0.05, 0.1) is 0 Å². The van der Waals surface area contributed by atoms with Crippen LogP contribution in [0.2, 0.25) is 0 Å². The van der Waals surface area contributed by atoms with Crippen LogP contribution in [0.1, 0.15) is 32.3 Å². The fourth-order valence-electron chi connectivity index (χ4n) is 2.63. The maximum absolute atomic E-state index is 13.4. The molecule has 1 aromatic carbocycles. The van der Waals surface area contributed by atoms with Crippen molar-refractivity contribution in [3.63, 3.8) is 0 Å². The molecule has 0 spiro atoms. The summed E-state index contributed by atoms with van der Waals surface area (Å²) in [6, 6.07) is 6.51. The van der Waals surface area contributed by atoms with Gasteiger partial charge in [-0.15, -0.1) is 0 Å². The summed E-state index contributed by atoms with van der Waals surface area (Å²) in [7, 11) is 0. The fraction of sp³-hybridized carbons (Fsp3) is 0.600. The van der Waals surface area contributed by atoms with Crippen LogP contribution in [0.3, 0.4) is 0 Å². The van der Waals surface area contributed by atoms with E-state index < -0.39 is 0 Å². The third-order valence-corrected chi connectivity index (χ3v) is 3.94. The summed E-state index contributed by atoms with van der Waals surface area (Å²) in [5.41, 5.74) is 1.88. The highest BCUT2D eigenvalue weighted by atomic mass is 19.1. The average Bonchev–Trinajstić information content (AvgIpc) is 2.41. The van der Waals surface area contributed by atoms with E-state index in [9.17, 15) is 4.39 Å². The Balaban J connectivity index is 2.23. The molecule has 2 atom stereocenters. The van der Waals surface area contributed by atoms with Crippen LogP contribution >= 0.6 is 0 Å². The summed E-state index contributed by atoms with van der Waals surface area (Å²) >= 11 is 0. The largest absolute Gasteiger partial charge is 0.366 e. The lowest BCUT2D eigenvalue weighted by Crippen LogP contribution is -2.56. The van der Waals surface area contributed by atoms with Crippen molar-refractivity contribution < 1.29 is 4.39 Å². The number of halogens is 1. The minimum atomic E-state index is -0.117. The number of nitrogens with zero attached hydrogens (tertiary/aromatic N) is 1. The van der Waals surface area contributed by atoms with Crippen LogP contribution in [-0.2, 0) is 0 Å². The Morgan fingerprint density at radius 1 is 1.33 bits per heavy atom. The molecule has 1 saturated heterocycles. The molecule has 2 unspecified atom stereocenters. The molecular formula is C15H23FN2. The van der Waals surface area contributed by atoms with Crippen LogP contribution < -0.4 is 10.2 Å². The molecule has 1 heterocycles. The van der Waals surface area contributed by atoms with Crippen molar-refractivity contribution in [2.75, 3.05) is 18.0 Å². The molecule has 1 aliphatic heterocycles. The van der Waals surface area contributed by atoms with Crippen LogP contribution in [0.5, 0.6) is 0 Å². The molecule has 1 fully saturated rings. The molecule has 2 nitrogen and oxygen atoms in total. The quantitative estimate of drug-likeness (QED) is 0.886. The normalized spacial score (nSPS) is 24.3. The van der Waals surface area contributed by atoms with Gasteiger partial charge in [-0.25, -0.2) is 4.39 Å². The van der Waals surface area contributed by atoms with Gasteiger partial charge in [0.2, 0.25) is 0 Å². The monoisotopic (exact) mass is 250 g/mol. The number of rotatable bonds is 3. The van der Waals surface area contributed by atoms with E-state index in [0.29, 0.717) is 12.1 Å². The van der Waals surface area contributed by atoms with Gasteiger partial charge in [-0.2, -0.15) is 0 Å². The maximum atomic E-state index is 13.4. The summed E-state index contributed by atoms with van der Waals surface area (Å²) in [4.78, 5) is 2.43. The van der Waals surface area contributed by atoms with Crippen molar-refractivity contribution in [3.8, 4) is 0 Å². The average molecular weight is 250 g/mol. The van der Waals surface area contributed by atoms with Gasteiger partial charge in [0.1, 0.15) is 5.82 Å². The zero-order chi connectivity index (χ0) is 13.1. The van der Waals surface area contributed by atoms with E-state index >= 15 is 0 Å². The van der Waals surface area contributed by atoms with Crippen molar-refractivity contribution in [2.24, 2.45) is 0 Å². The summed E-state index contributed by atoms with van der Waals surface area (Å²) in [5.74, 6) is -0.117. The van der Waals surface area contributed by atoms with E-state index in [0.717, 1.165) is 37.2 Å². The predicted molar refractivity (Wildman–Crippen MR) is 74.6 cm³/mol. The van der Waals surface area contributed by atoms with Crippen molar-refractivity contribution in [3.05, 3.63) is 29.6 Å². The molecule has 0 aliphatic carbocycles. The number of aryl methyl sites for hydroxylation is 1. The first kappa shape index (κ1) is 13.3. The highest BCUT2D eigenvalue weighted by molar-refractivity contribution is 5.50. The molecule has 0 saturated carbocycles. The minimum Gasteiger partial charge on any atom is -0.366 e. The van der Waals surface area contributed by atoms with E-state index in [2.05, 4.69) is 24.1 Å². The van der Waals surface area contributed by atoms with Gasteiger partial charge in [0, 0.05) is 30.9 Å². The Morgan fingerprint density at radius 2 is 2.11 bits per heavy atom. The Kier molecular flexibility index (Phi) is 4.23. The van der Waals surface area contributed by atoms with Crippen LogP contribution in [0.25, 0.3) is 0 Å². The number of hydrogen-bond acceptors (Lipinski definition) is 2. The fourth-order valence-corrected chi connectivity index (χ4v) is 2.63. The molecular weight excluding hydrogens is 227 g/mol. The molecule has 3 heteroatoms. The Hall–Kier alpha value is -1.09. The summed E-state index contributed by atoms with van der Waals surface area (Å²) in [6.07, 6.45) is 2.24. The second-order valence-corrected chi connectivity index (χ2v) is 5.16. The number of hydrogen-bond donors (Lipinski definition) is 1. The van der Waals surface area contributed by atoms with Crippen LogP contribution in [0, 0.1) is 12.7 Å². The molecule has 1 aromatic rings. The highest BCUT2D eigenvalue weighted by Crippen LogP contribution is 2.24. The standard InChI is InChI=1S/C15H23FN2/c1-4-12-10-18(13(5-2)9-17-12)14-6-7-15(16)11(3)8-14/h6-8,12-13,17H,4-5,9-10H2,1-3H3. The first-order chi connectivity index (χ1) is 8.65. The van der Waals surface area contributed by atoms with Gasteiger partial charge in [0.25, 0.3) is 0 Å². The maximum Gasteiger partial charge on any atom is 0.126 e. The first-order valence-corrected chi connectivity index (χ1v) is 6.91. The van der Waals surface area contributed by atoms with Gasteiger partial charge in [-0.1, -0.05) is 13.8 Å². The van der Waals surface area contributed by atoms with Gasteiger partial charge in [0.15, 0.2) is 0 Å². The van der Waals surface area contributed by atoms with E-state index in [1.54, 1.807) is 6.07 Å². The number of benzene rings is 1. The highest BCUT2D eigenvalue weighted by Gasteiger charge is 2.26. The van der Waals surface area contributed by atoms with Crippen LogP contribution in [0.15, 0.2) is 18.2 Å². The van der Waals surface area contributed by atoms with E-state index in [-0.39, 0.29) is 5.82 Å². The number of anilines is 1. The Morgan fingerprint density at radius 3 is 2.72 bits per heavy atom. The second kappa shape index (κ2) is 5.70. The Bertz CT molecular complexity index is 405. The topological polar surface area (TPSA) is 15.3 Å². The third kappa shape index (κ3) is 2.66. The van der Waals surface area contributed by atoms with Gasteiger partial charge in [-0.05, 0) is 43.5 Å². The van der Waals surface area contributed by atoms with E-state index in [1.165, 1.54) is 0 Å². The lowest BCUT2D eigenvalue weighted by Gasteiger charge is -2.41. The lowest BCUT2D eigenvalue weighted by molar-refractivity contribution is 0.378. The molecule has 0 amide bonds. The van der Waals surface area contributed by atoms with Crippen molar-refractivity contribution in [1.82, 2.24) is 5.32 Å². The first-order valence-electron chi connectivity index (χ1n) is 6.91. The summed E-state index contributed by atoms with van der Waals surface area (Å²) in [5, 5.41) is 3.58. The van der Waals surface area contributed by atoms with Crippen molar-refractivity contribution in [2.45, 2.75) is 45.7 Å². The SMILES string of the molecule is CCC1CN(c2ccc(F)c(C)c2)C(CC)CN1.